The Balaban J connectivity index is 2.29. The number of methoxy groups -OCH3 is 1. The Kier molecular flexibility index (Phi) is 5.16. The molecule has 0 saturated carbocycles. The number of esters is 2. The lowest BCUT2D eigenvalue weighted by molar-refractivity contribution is -0.151. The third-order valence-electron chi connectivity index (χ3n) is 2.98. The molecule has 0 saturated heterocycles. The summed E-state index contributed by atoms with van der Waals surface area (Å²) in [5, 5.41) is 0. The zero-order valence-electron chi connectivity index (χ0n) is 11.8. The van der Waals surface area contributed by atoms with E-state index in [9.17, 15) is 9.59 Å². The third kappa shape index (κ3) is 3.65. The molecule has 0 heterocycles. The number of nitrogen functional groups attached to an aromatic ring is 1. The number of ether oxygens (including phenoxy) is 2. The summed E-state index contributed by atoms with van der Waals surface area (Å²) in [4.78, 5) is 24.2. The second kappa shape index (κ2) is 7.09. The molecule has 0 aliphatic heterocycles. The lowest BCUT2D eigenvalue weighted by Crippen LogP contribution is -2.21. The number of carbonyl (C=O) groups is 2. The fourth-order valence-electron chi connectivity index (χ4n) is 1.86. The van der Waals surface area contributed by atoms with Gasteiger partial charge in [0.2, 0.25) is 6.10 Å². The maximum absolute atomic E-state index is 12.3. The van der Waals surface area contributed by atoms with Gasteiger partial charge < -0.3 is 15.2 Å². The first-order chi connectivity index (χ1) is 10.5. The molecule has 22 heavy (non-hydrogen) atoms. The summed E-state index contributed by atoms with van der Waals surface area (Å²) in [6.45, 7) is 0. The molecule has 0 aliphatic rings. The Morgan fingerprint density at radius 2 is 1.82 bits per heavy atom. The van der Waals surface area contributed by atoms with Gasteiger partial charge in [0.15, 0.2) is 0 Å². The summed E-state index contributed by atoms with van der Waals surface area (Å²) in [6, 6.07) is 13.5. The minimum Gasteiger partial charge on any atom is -0.466 e. The molecule has 2 N–H and O–H groups in total. The number of benzene rings is 2. The van der Waals surface area contributed by atoms with E-state index in [-0.39, 0.29) is 11.3 Å². The van der Waals surface area contributed by atoms with Crippen molar-refractivity contribution in [2.75, 3.05) is 12.8 Å². The average Bonchev–Trinajstić information content (AvgIpc) is 2.54. The van der Waals surface area contributed by atoms with Crippen LogP contribution < -0.4 is 5.73 Å². The topological polar surface area (TPSA) is 78.6 Å². The summed E-state index contributed by atoms with van der Waals surface area (Å²) in [5.74, 6) is -1.36. The minimum atomic E-state index is -1.14. The molecule has 0 spiro atoms. The molecule has 0 amide bonds. The molecule has 0 fully saturated rings. The summed E-state index contributed by atoms with van der Waals surface area (Å²) >= 11 is 3.26. The maximum atomic E-state index is 12.3. The predicted molar refractivity (Wildman–Crippen MR) is 85.2 cm³/mol. The molecule has 1 unspecified atom stereocenters. The summed E-state index contributed by atoms with van der Waals surface area (Å²) < 4.78 is 10.7. The lowest BCUT2D eigenvalue weighted by Gasteiger charge is -2.16. The van der Waals surface area contributed by atoms with Crippen molar-refractivity contribution in [2.24, 2.45) is 0 Å². The van der Waals surface area contributed by atoms with Crippen LogP contribution in [0.5, 0.6) is 0 Å². The van der Waals surface area contributed by atoms with E-state index in [1.54, 1.807) is 42.5 Å². The molecule has 2 rings (SSSR count). The van der Waals surface area contributed by atoms with Crippen molar-refractivity contribution in [3.05, 3.63) is 64.1 Å². The van der Waals surface area contributed by atoms with E-state index < -0.39 is 18.0 Å². The fraction of sp³-hybridized carbons (Fsp3) is 0.125. The van der Waals surface area contributed by atoms with Crippen molar-refractivity contribution in [3.8, 4) is 0 Å². The molecule has 2 aromatic rings. The molecule has 6 heteroatoms. The minimum absolute atomic E-state index is 0.180. The van der Waals surface area contributed by atoms with E-state index in [4.69, 9.17) is 15.2 Å². The van der Waals surface area contributed by atoms with E-state index in [0.29, 0.717) is 10.0 Å². The number of halogens is 1. The van der Waals surface area contributed by atoms with Gasteiger partial charge in [-0.1, -0.05) is 46.3 Å². The van der Waals surface area contributed by atoms with Crippen LogP contribution in [-0.2, 0) is 14.3 Å². The highest BCUT2D eigenvalue weighted by Crippen LogP contribution is 2.24. The molecule has 2 aromatic carbocycles. The highest BCUT2D eigenvalue weighted by Gasteiger charge is 2.27. The van der Waals surface area contributed by atoms with Gasteiger partial charge >= 0.3 is 11.9 Å². The standard InChI is InChI=1S/C16H14BrNO4/c1-21-16(20)14(10-5-3-2-4-6-10)22-15(19)12-9-11(17)7-8-13(12)18/h2-9,14H,18H2,1H3. The third-order valence-corrected chi connectivity index (χ3v) is 3.47. The van der Waals surface area contributed by atoms with Crippen molar-refractivity contribution < 1.29 is 19.1 Å². The van der Waals surface area contributed by atoms with Crippen molar-refractivity contribution in [3.63, 3.8) is 0 Å². The molecule has 114 valence electrons. The molecule has 1 atom stereocenters. The van der Waals surface area contributed by atoms with Gasteiger partial charge in [-0.25, -0.2) is 9.59 Å². The van der Waals surface area contributed by atoms with Crippen LogP contribution in [0, 0.1) is 0 Å². The van der Waals surface area contributed by atoms with Crippen LogP contribution >= 0.6 is 15.9 Å². The van der Waals surface area contributed by atoms with Crippen LogP contribution in [0.25, 0.3) is 0 Å². The maximum Gasteiger partial charge on any atom is 0.351 e. The smallest absolute Gasteiger partial charge is 0.351 e. The van der Waals surface area contributed by atoms with Crippen LogP contribution in [0.4, 0.5) is 5.69 Å². The van der Waals surface area contributed by atoms with Gasteiger partial charge in [-0.3, -0.25) is 0 Å². The SMILES string of the molecule is COC(=O)C(OC(=O)c1cc(Br)ccc1N)c1ccccc1. The van der Waals surface area contributed by atoms with Gasteiger partial charge in [-0.15, -0.1) is 0 Å². The Morgan fingerprint density at radius 1 is 1.14 bits per heavy atom. The van der Waals surface area contributed by atoms with Gasteiger partial charge in [0.05, 0.1) is 12.7 Å². The zero-order valence-corrected chi connectivity index (χ0v) is 13.4. The number of nitrogens with two attached hydrogens (primary N) is 1. The monoisotopic (exact) mass is 363 g/mol. The Hall–Kier alpha value is -2.34. The van der Waals surface area contributed by atoms with Crippen LogP contribution in [0.15, 0.2) is 53.0 Å². The van der Waals surface area contributed by atoms with Gasteiger partial charge in [0, 0.05) is 15.7 Å². The fourth-order valence-corrected chi connectivity index (χ4v) is 2.22. The largest absolute Gasteiger partial charge is 0.466 e. The van der Waals surface area contributed by atoms with Crippen molar-refractivity contribution in [1.82, 2.24) is 0 Å². The molecule has 0 radical (unpaired) electrons. The molecule has 5 nitrogen and oxygen atoms in total. The summed E-state index contributed by atoms with van der Waals surface area (Å²) in [6.07, 6.45) is -1.14. The molecule has 0 aliphatic carbocycles. The lowest BCUT2D eigenvalue weighted by atomic mass is 10.1. The van der Waals surface area contributed by atoms with Crippen LogP contribution in [0.2, 0.25) is 0 Å². The molecular weight excluding hydrogens is 350 g/mol. The quantitative estimate of drug-likeness (QED) is 0.666. The normalized spacial score (nSPS) is 11.5. The van der Waals surface area contributed by atoms with Gasteiger partial charge in [0.25, 0.3) is 0 Å². The second-order valence-electron chi connectivity index (χ2n) is 4.45. The predicted octanol–water partition coefficient (Wildman–Crippen LogP) is 3.10. The number of anilines is 1. The van der Waals surface area contributed by atoms with Crippen molar-refractivity contribution >= 4 is 33.6 Å². The van der Waals surface area contributed by atoms with Crippen LogP contribution in [0.3, 0.4) is 0 Å². The van der Waals surface area contributed by atoms with E-state index in [0.717, 1.165) is 0 Å². The molecule has 0 bridgehead atoms. The highest BCUT2D eigenvalue weighted by atomic mass is 79.9. The highest BCUT2D eigenvalue weighted by molar-refractivity contribution is 9.10. The summed E-state index contributed by atoms with van der Waals surface area (Å²) in [7, 11) is 1.24. The van der Waals surface area contributed by atoms with Crippen molar-refractivity contribution in [2.45, 2.75) is 6.10 Å². The van der Waals surface area contributed by atoms with E-state index in [1.807, 2.05) is 0 Å². The van der Waals surface area contributed by atoms with Gasteiger partial charge in [-0.2, -0.15) is 0 Å². The first-order valence-electron chi connectivity index (χ1n) is 6.41. The van der Waals surface area contributed by atoms with Crippen LogP contribution in [-0.4, -0.2) is 19.0 Å². The van der Waals surface area contributed by atoms with Gasteiger partial charge in [0.1, 0.15) is 0 Å². The Morgan fingerprint density at radius 3 is 2.45 bits per heavy atom. The van der Waals surface area contributed by atoms with Gasteiger partial charge in [-0.05, 0) is 18.2 Å². The number of hydrogen-bond acceptors (Lipinski definition) is 5. The first-order valence-corrected chi connectivity index (χ1v) is 7.21. The molecule has 0 aromatic heterocycles. The van der Waals surface area contributed by atoms with E-state index >= 15 is 0 Å². The number of hydrogen-bond donors (Lipinski definition) is 1. The van der Waals surface area contributed by atoms with E-state index in [2.05, 4.69) is 15.9 Å². The zero-order chi connectivity index (χ0) is 16.1. The second-order valence-corrected chi connectivity index (χ2v) is 5.37. The number of carbonyl (C=O) groups excluding carboxylic acids is 2. The number of rotatable bonds is 4. The average molecular weight is 364 g/mol. The Bertz CT molecular complexity index is 688. The Labute approximate surface area is 136 Å². The summed E-state index contributed by atoms with van der Waals surface area (Å²) in [5.41, 5.74) is 6.75. The van der Waals surface area contributed by atoms with E-state index in [1.165, 1.54) is 13.2 Å². The first kappa shape index (κ1) is 16.0. The molecular formula is C16H14BrNO4. The van der Waals surface area contributed by atoms with Crippen molar-refractivity contribution in [1.29, 1.82) is 0 Å². The van der Waals surface area contributed by atoms with Crippen LogP contribution in [0.1, 0.15) is 22.0 Å².